The molecule has 0 bridgehead atoms. The molecule has 1 aromatic carbocycles. The van der Waals surface area contributed by atoms with E-state index >= 15 is 0 Å². The Balaban J connectivity index is 1.58. The van der Waals surface area contributed by atoms with Crippen molar-refractivity contribution in [1.29, 1.82) is 0 Å². The Morgan fingerprint density at radius 1 is 1.27 bits per heavy atom. The van der Waals surface area contributed by atoms with E-state index in [2.05, 4.69) is 28.0 Å². The molecule has 1 aliphatic rings. The largest absolute Gasteiger partial charge is 0.449 e. The van der Waals surface area contributed by atoms with Crippen LogP contribution in [0.25, 0.3) is 22.4 Å². The maximum absolute atomic E-state index is 11.7. The van der Waals surface area contributed by atoms with Gasteiger partial charge in [0.25, 0.3) is 0 Å². The first-order chi connectivity index (χ1) is 15.9. The molecule has 0 radical (unpaired) electrons. The van der Waals surface area contributed by atoms with Gasteiger partial charge in [0.1, 0.15) is 17.9 Å². The number of amides is 1. The van der Waals surface area contributed by atoms with E-state index in [4.69, 9.17) is 20.1 Å². The number of imidazole rings is 1. The number of fused-ring (bicyclic) bond motifs is 1. The predicted molar refractivity (Wildman–Crippen MR) is 127 cm³/mol. The summed E-state index contributed by atoms with van der Waals surface area (Å²) in [6.45, 7) is 8.49. The molecule has 0 saturated carbocycles. The van der Waals surface area contributed by atoms with Crippen molar-refractivity contribution in [2.24, 2.45) is 5.73 Å². The lowest BCUT2D eigenvalue weighted by Crippen LogP contribution is -2.33. The highest BCUT2D eigenvalue weighted by Crippen LogP contribution is 2.32. The molecule has 168 valence electrons. The maximum atomic E-state index is 11.7. The van der Waals surface area contributed by atoms with Crippen LogP contribution >= 0.6 is 0 Å². The van der Waals surface area contributed by atoms with E-state index in [0.29, 0.717) is 35.6 Å². The van der Waals surface area contributed by atoms with Crippen molar-refractivity contribution in [2.75, 3.05) is 4.90 Å². The van der Waals surface area contributed by atoms with Crippen molar-refractivity contribution < 1.29 is 9.21 Å². The molecule has 0 spiro atoms. The van der Waals surface area contributed by atoms with Crippen LogP contribution in [0.4, 0.5) is 5.82 Å². The van der Waals surface area contributed by atoms with Crippen LogP contribution in [0.2, 0.25) is 0 Å². The summed E-state index contributed by atoms with van der Waals surface area (Å²) in [7, 11) is 0. The summed E-state index contributed by atoms with van der Waals surface area (Å²) < 4.78 is 7.45. The number of nitrogens with zero attached hydrogens (tertiary/aromatic N) is 5. The zero-order valence-corrected chi connectivity index (χ0v) is 18.7. The molecule has 4 aromatic rings. The van der Waals surface area contributed by atoms with Crippen molar-refractivity contribution in [3.63, 3.8) is 0 Å². The lowest BCUT2D eigenvalue weighted by atomic mass is 10.2. The maximum Gasteiger partial charge on any atom is 0.248 e. The van der Waals surface area contributed by atoms with Crippen molar-refractivity contribution >= 4 is 22.8 Å². The topological polar surface area (TPSA) is 103 Å². The van der Waals surface area contributed by atoms with Crippen molar-refractivity contribution in [3.8, 4) is 11.4 Å². The molecule has 2 N–H and O–H groups in total. The van der Waals surface area contributed by atoms with E-state index in [1.807, 2.05) is 37.4 Å². The first-order valence-corrected chi connectivity index (χ1v) is 11.0. The number of carbonyl (C=O) groups excluding carboxylic acids is 1. The molecular formula is C25H26N6O2. The SMILES string of the molecule is C=C[C@H]1CC[C@H](C)N1c1ccc(-c2nc3cc(C(N)=O)ccc3n2Cc2coc(C)n2)cn1. The average molecular weight is 443 g/mol. The summed E-state index contributed by atoms with van der Waals surface area (Å²) >= 11 is 0. The smallest absolute Gasteiger partial charge is 0.248 e. The third-order valence-electron chi connectivity index (χ3n) is 6.27. The van der Waals surface area contributed by atoms with Gasteiger partial charge in [-0.15, -0.1) is 6.58 Å². The molecule has 8 heteroatoms. The molecule has 1 saturated heterocycles. The Bertz CT molecular complexity index is 1340. The highest BCUT2D eigenvalue weighted by Gasteiger charge is 2.29. The van der Waals surface area contributed by atoms with Crippen molar-refractivity contribution in [1.82, 2.24) is 19.5 Å². The fourth-order valence-corrected chi connectivity index (χ4v) is 4.62. The number of aromatic nitrogens is 4. The van der Waals surface area contributed by atoms with Gasteiger partial charge in [-0.2, -0.15) is 0 Å². The number of primary amides is 1. The van der Waals surface area contributed by atoms with E-state index in [1.54, 1.807) is 18.4 Å². The predicted octanol–water partition coefficient (Wildman–Crippen LogP) is 4.09. The second kappa shape index (κ2) is 8.20. The van der Waals surface area contributed by atoms with Crippen LogP contribution in [0.3, 0.4) is 0 Å². The summed E-state index contributed by atoms with van der Waals surface area (Å²) in [6, 6.07) is 10.1. The molecule has 0 unspecified atom stereocenters. The third-order valence-corrected chi connectivity index (χ3v) is 6.27. The number of anilines is 1. The number of hydrogen-bond donors (Lipinski definition) is 1. The number of pyridine rings is 1. The Morgan fingerprint density at radius 3 is 2.79 bits per heavy atom. The molecule has 33 heavy (non-hydrogen) atoms. The molecule has 2 atom stereocenters. The number of benzene rings is 1. The van der Waals surface area contributed by atoms with Crippen LogP contribution < -0.4 is 10.6 Å². The van der Waals surface area contributed by atoms with Gasteiger partial charge in [-0.3, -0.25) is 4.79 Å². The zero-order chi connectivity index (χ0) is 23.1. The number of oxazole rings is 1. The first kappa shape index (κ1) is 20.9. The summed E-state index contributed by atoms with van der Waals surface area (Å²) in [6.07, 6.45) is 7.70. The Morgan fingerprint density at radius 2 is 2.12 bits per heavy atom. The summed E-state index contributed by atoms with van der Waals surface area (Å²) in [4.78, 5) is 28.0. The van der Waals surface area contributed by atoms with Crippen molar-refractivity contribution in [3.05, 3.63) is 72.6 Å². The number of carbonyl (C=O) groups is 1. The number of hydrogen-bond acceptors (Lipinski definition) is 6. The van der Waals surface area contributed by atoms with E-state index in [0.717, 1.165) is 41.3 Å². The van der Waals surface area contributed by atoms with Crippen LogP contribution in [0, 0.1) is 6.92 Å². The van der Waals surface area contributed by atoms with Gasteiger partial charge in [-0.1, -0.05) is 6.08 Å². The minimum Gasteiger partial charge on any atom is -0.449 e. The molecule has 3 aromatic heterocycles. The molecule has 1 aliphatic heterocycles. The fraction of sp³-hybridized carbons (Fsp3) is 0.280. The van der Waals surface area contributed by atoms with Gasteiger partial charge in [0.15, 0.2) is 5.89 Å². The lowest BCUT2D eigenvalue weighted by molar-refractivity contribution is 0.100. The molecule has 8 nitrogen and oxygen atoms in total. The van der Waals surface area contributed by atoms with Crippen molar-refractivity contribution in [2.45, 2.75) is 45.3 Å². The molecule has 1 fully saturated rings. The third kappa shape index (κ3) is 3.77. The van der Waals surface area contributed by atoms with Gasteiger partial charge in [0, 0.05) is 36.3 Å². The molecule has 5 rings (SSSR count). The average Bonchev–Trinajstić information content (AvgIpc) is 3.50. The zero-order valence-electron chi connectivity index (χ0n) is 18.7. The highest BCUT2D eigenvalue weighted by molar-refractivity contribution is 5.96. The van der Waals surface area contributed by atoms with Crippen LogP contribution in [-0.2, 0) is 6.54 Å². The van der Waals surface area contributed by atoms with Crippen LogP contribution in [0.5, 0.6) is 0 Å². The number of aryl methyl sites for hydroxylation is 1. The normalized spacial score (nSPS) is 18.2. The second-order valence-corrected chi connectivity index (χ2v) is 8.49. The Hall–Kier alpha value is -3.94. The number of rotatable bonds is 6. The van der Waals surface area contributed by atoms with E-state index in [9.17, 15) is 4.79 Å². The van der Waals surface area contributed by atoms with Crippen LogP contribution in [0.15, 0.2) is 59.9 Å². The van der Waals surface area contributed by atoms with E-state index in [-0.39, 0.29) is 0 Å². The summed E-state index contributed by atoms with van der Waals surface area (Å²) in [5.41, 5.74) is 9.12. The lowest BCUT2D eigenvalue weighted by Gasteiger charge is -2.27. The first-order valence-electron chi connectivity index (χ1n) is 11.0. The minimum atomic E-state index is -0.484. The van der Waals surface area contributed by atoms with Gasteiger partial charge >= 0.3 is 0 Å². The van der Waals surface area contributed by atoms with Crippen LogP contribution in [0.1, 0.15) is 41.7 Å². The number of nitrogens with two attached hydrogens (primary N) is 1. The van der Waals surface area contributed by atoms with Gasteiger partial charge in [0.05, 0.1) is 23.3 Å². The Labute approximate surface area is 191 Å². The second-order valence-electron chi connectivity index (χ2n) is 8.49. The van der Waals surface area contributed by atoms with E-state index in [1.165, 1.54) is 0 Å². The van der Waals surface area contributed by atoms with Gasteiger partial charge in [-0.05, 0) is 50.1 Å². The molecular weight excluding hydrogens is 416 g/mol. The van der Waals surface area contributed by atoms with Gasteiger partial charge in [0.2, 0.25) is 5.91 Å². The molecule has 1 amide bonds. The molecule has 0 aliphatic carbocycles. The summed E-state index contributed by atoms with van der Waals surface area (Å²) in [5.74, 6) is 1.79. The highest BCUT2D eigenvalue weighted by atomic mass is 16.3. The standard InChI is InChI=1S/C25H26N6O2/c1-4-20-8-5-15(2)31(20)23-10-7-18(12-27-23)25-29-21-11-17(24(26)32)6-9-22(21)30(25)13-19-14-33-16(3)28-19/h4,6-7,9-12,14-15,20H,1,5,8,13H2,2-3H3,(H2,26,32)/t15-,20-/m0/s1. The van der Waals surface area contributed by atoms with Gasteiger partial charge in [-0.25, -0.2) is 15.0 Å². The minimum absolute atomic E-state index is 0.297. The quantitative estimate of drug-likeness (QED) is 0.451. The molecule has 4 heterocycles. The fourth-order valence-electron chi connectivity index (χ4n) is 4.62. The Kier molecular flexibility index (Phi) is 5.20. The monoisotopic (exact) mass is 442 g/mol. The summed E-state index contributed by atoms with van der Waals surface area (Å²) in [5, 5.41) is 0. The van der Waals surface area contributed by atoms with E-state index < -0.39 is 5.91 Å². The van der Waals surface area contributed by atoms with Gasteiger partial charge < -0.3 is 19.6 Å². The van der Waals surface area contributed by atoms with Crippen LogP contribution in [-0.4, -0.2) is 37.5 Å².